The number of aromatic nitrogens is 4. The molecule has 15 heavy (non-hydrogen) atoms. The molecule has 0 aliphatic carbocycles. The van der Waals surface area contributed by atoms with Crippen LogP contribution in [-0.4, -0.2) is 32.2 Å². The summed E-state index contributed by atoms with van der Waals surface area (Å²) < 4.78 is 1.73. The van der Waals surface area contributed by atoms with Crippen molar-refractivity contribution in [2.45, 2.75) is 25.3 Å². The molecule has 2 aromatic rings. The second-order valence-electron chi connectivity index (χ2n) is 3.96. The van der Waals surface area contributed by atoms with Gasteiger partial charge in [0.25, 0.3) is 5.78 Å². The summed E-state index contributed by atoms with van der Waals surface area (Å²) in [6, 6.07) is 0.604. The molecule has 1 saturated heterocycles. The van der Waals surface area contributed by atoms with Crippen molar-refractivity contribution < 1.29 is 0 Å². The number of hydrogen-bond acceptors (Lipinski definition) is 4. The fraction of sp³-hybridized carbons (Fsp3) is 0.500. The first kappa shape index (κ1) is 8.79. The summed E-state index contributed by atoms with van der Waals surface area (Å²) in [7, 11) is 0. The standard InChI is InChI=1S/C10H13N5/c1-2-9(11-3-1)4-8-5-12-10-13-7-14-15(10)6-8/h5-7,9,11H,1-4H2. The molecule has 3 heterocycles. The van der Waals surface area contributed by atoms with E-state index in [-0.39, 0.29) is 0 Å². The van der Waals surface area contributed by atoms with E-state index in [0.29, 0.717) is 11.8 Å². The highest BCUT2D eigenvalue weighted by molar-refractivity contribution is 5.25. The van der Waals surface area contributed by atoms with E-state index >= 15 is 0 Å². The van der Waals surface area contributed by atoms with E-state index < -0.39 is 0 Å². The minimum atomic E-state index is 0.604. The third-order valence-corrected chi connectivity index (χ3v) is 2.83. The molecular formula is C10H13N5. The summed E-state index contributed by atoms with van der Waals surface area (Å²) in [5.74, 6) is 0.665. The lowest BCUT2D eigenvalue weighted by Gasteiger charge is -2.09. The molecule has 1 fully saturated rings. The summed E-state index contributed by atoms with van der Waals surface area (Å²) in [5, 5.41) is 7.55. The van der Waals surface area contributed by atoms with E-state index in [0.717, 1.165) is 13.0 Å². The van der Waals surface area contributed by atoms with Crippen molar-refractivity contribution in [1.82, 2.24) is 24.9 Å². The Balaban J connectivity index is 1.84. The number of rotatable bonds is 2. The highest BCUT2D eigenvalue weighted by Crippen LogP contribution is 2.11. The maximum Gasteiger partial charge on any atom is 0.252 e. The van der Waals surface area contributed by atoms with Crippen LogP contribution in [0.15, 0.2) is 18.7 Å². The van der Waals surface area contributed by atoms with E-state index in [1.165, 1.54) is 24.7 Å². The van der Waals surface area contributed by atoms with Gasteiger partial charge in [-0.15, -0.1) is 0 Å². The van der Waals surface area contributed by atoms with E-state index in [9.17, 15) is 0 Å². The Labute approximate surface area is 87.5 Å². The van der Waals surface area contributed by atoms with Crippen molar-refractivity contribution in [1.29, 1.82) is 0 Å². The van der Waals surface area contributed by atoms with Gasteiger partial charge >= 0.3 is 0 Å². The van der Waals surface area contributed by atoms with Crippen LogP contribution >= 0.6 is 0 Å². The molecule has 0 saturated carbocycles. The third-order valence-electron chi connectivity index (χ3n) is 2.83. The molecule has 1 aliphatic rings. The van der Waals surface area contributed by atoms with Crippen molar-refractivity contribution in [2.24, 2.45) is 0 Å². The van der Waals surface area contributed by atoms with Crippen molar-refractivity contribution >= 4 is 5.78 Å². The average Bonchev–Trinajstić information content (AvgIpc) is 2.87. The van der Waals surface area contributed by atoms with Gasteiger partial charge < -0.3 is 5.32 Å². The van der Waals surface area contributed by atoms with Gasteiger partial charge in [-0.05, 0) is 31.4 Å². The van der Waals surface area contributed by atoms with Gasteiger partial charge in [-0.25, -0.2) is 9.50 Å². The van der Waals surface area contributed by atoms with Crippen molar-refractivity contribution in [2.75, 3.05) is 6.54 Å². The van der Waals surface area contributed by atoms with Gasteiger partial charge in [-0.2, -0.15) is 10.1 Å². The Morgan fingerprint density at radius 3 is 3.33 bits per heavy atom. The maximum atomic E-state index is 4.24. The lowest BCUT2D eigenvalue weighted by molar-refractivity contribution is 0.599. The van der Waals surface area contributed by atoms with Crippen LogP contribution in [0.2, 0.25) is 0 Å². The van der Waals surface area contributed by atoms with Crippen LogP contribution in [0.4, 0.5) is 0 Å². The molecule has 2 aromatic heterocycles. The zero-order chi connectivity index (χ0) is 10.1. The van der Waals surface area contributed by atoms with Crippen molar-refractivity contribution in [3.8, 4) is 0 Å². The summed E-state index contributed by atoms with van der Waals surface area (Å²) in [6.45, 7) is 1.14. The smallest absolute Gasteiger partial charge is 0.252 e. The minimum absolute atomic E-state index is 0.604. The predicted molar refractivity (Wildman–Crippen MR) is 55.5 cm³/mol. The average molecular weight is 203 g/mol. The molecule has 0 radical (unpaired) electrons. The van der Waals surface area contributed by atoms with Crippen LogP contribution in [0, 0.1) is 0 Å². The first-order chi connectivity index (χ1) is 7.42. The van der Waals surface area contributed by atoms with Crippen LogP contribution in [0.5, 0.6) is 0 Å². The highest BCUT2D eigenvalue weighted by atomic mass is 15.3. The normalized spacial score (nSPS) is 21.2. The van der Waals surface area contributed by atoms with Crippen LogP contribution in [0.1, 0.15) is 18.4 Å². The monoisotopic (exact) mass is 203 g/mol. The van der Waals surface area contributed by atoms with Crippen molar-refractivity contribution in [3.05, 3.63) is 24.3 Å². The van der Waals surface area contributed by atoms with E-state index in [1.807, 2.05) is 12.4 Å². The first-order valence-electron chi connectivity index (χ1n) is 5.29. The van der Waals surface area contributed by atoms with Crippen molar-refractivity contribution in [3.63, 3.8) is 0 Å². The second kappa shape index (κ2) is 3.58. The molecule has 5 nitrogen and oxygen atoms in total. The molecule has 1 aliphatic heterocycles. The fourth-order valence-corrected chi connectivity index (χ4v) is 2.08. The van der Waals surface area contributed by atoms with E-state index in [4.69, 9.17) is 0 Å². The number of fused-ring (bicyclic) bond motifs is 1. The zero-order valence-electron chi connectivity index (χ0n) is 8.43. The van der Waals surface area contributed by atoms with Gasteiger partial charge in [0.15, 0.2) is 0 Å². The highest BCUT2D eigenvalue weighted by Gasteiger charge is 2.14. The molecule has 78 valence electrons. The summed E-state index contributed by atoms with van der Waals surface area (Å²) >= 11 is 0. The van der Waals surface area contributed by atoms with Gasteiger partial charge in [0.2, 0.25) is 0 Å². The Bertz CT molecular complexity index is 458. The zero-order valence-corrected chi connectivity index (χ0v) is 8.43. The van der Waals surface area contributed by atoms with E-state index in [2.05, 4.69) is 20.4 Å². The molecule has 0 aromatic carbocycles. The first-order valence-corrected chi connectivity index (χ1v) is 5.29. The van der Waals surface area contributed by atoms with Gasteiger partial charge in [-0.3, -0.25) is 0 Å². The fourth-order valence-electron chi connectivity index (χ4n) is 2.08. The van der Waals surface area contributed by atoms with Gasteiger partial charge in [0.1, 0.15) is 6.33 Å². The molecule has 0 amide bonds. The Kier molecular flexibility index (Phi) is 2.10. The van der Waals surface area contributed by atoms with Gasteiger partial charge in [0.05, 0.1) is 0 Å². The lowest BCUT2D eigenvalue weighted by Crippen LogP contribution is -2.23. The summed E-state index contributed by atoms with van der Waals surface area (Å²) in [4.78, 5) is 8.26. The molecule has 1 unspecified atom stereocenters. The number of hydrogen-bond donors (Lipinski definition) is 1. The Morgan fingerprint density at radius 1 is 1.47 bits per heavy atom. The Morgan fingerprint density at radius 2 is 2.47 bits per heavy atom. The van der Waals surface area contributed by atoms with Crippen LogP contribution in [0.3, 0.4) is 0 Å². The molecule has 1 N–H and O–H groups in total. The van der Waals surface area contributed by atoms with Crippen LogP contribution < -0.4 is 5.32 Å². The van der Waals surface area contributed by atoms with E-state index in [1.54, 1.807) is 4.52 Å². The number of nitrogens with one attached hydrogen (secondary N) is 1. The second-order valence-corrected chi connectivity index (χ2v) is 3.96. The van der Waals surface area contributed by atoms with Gasteiger partial charge in [-0.1, -0.05) is 0 Å². The molecule has 3 rings (SSSR count). The minimum Gasteiger partial charge on any atom is -0.314 e. The molecular weight excluding hydrogens is 190 g/mol. The maximum absolute atomic E-state index is 4.24. The summed E-state index contributed by atoms with van der Waals surface area (Å²) in [5.41, 5.74) is 1.22. The molecule has 0 spiro atoms. The predicted octanol–water partition coefficient (Wildman–Crippen LogP) is 0.419. The van der Waals surface area contributed by atoms with Gasteiger partial charge in [0, 0.05) is 18.4 Å². The topological polar surface area (TPSA) is 55.1 Å². The number of nitrogens with zero attached hydrogens (tertiary/aromatic N) is 4. The molecule has 0 bridgehead atoms. The quantitative estimate of drug-likeness (QED) is 0.768. The largest absolute Gasteiger partial charge is 0.314 e. The summed E-state index contributed by atoms with van der Waals surface area (Å²) in [6.07, 6.45) is 9.00. The third kappa shape index (κ3) is 1.70. The molecule has 5 heteroatoms. The van der Waals surface area contributed by atoms with Crippen LogP contribution in [0.25, 0.3) is 5.78 Å². The lowest BCUT2D eigenvalue weighted by atomic mass is 10.1. The SMILES string of the molecule is c1nc2ncc(CC3CCCN3)cn2n1. The van der Waals surface area contributed by atoms with Crippen LogP contribution in [-0.2, 0) is 6.42 Å². The molecule has 1 atom stereocenters. The Hall–Kier alpha value is -1.49.